The molecule has 3 nitrogen and oxygen atoms in total. The van der Waals surface area contributed by atoms with Crippen molar-refractivity contribution >= 4 is 29.2 Å². The van der Waals surface area contributed by atoms with Crippen LogP contribution in [0.4, 0.5) is 5.69 Å². The van der Waals surface area contributed by atoms with E-state index in [0.717, 1.165) is 32.0 Å². The van der Waals surface area contributed by atoms with Gasteiger partial charge in [-0.1, -0.05) is 83.1 Å². The van der Waals surface area contributed by atoms with E-state index in [1.165, 1.54) is 0 Å². The van der Waals surface area contributed by atoms with E-state index < -0.39 is 0 Å². The summed E-state index contributed by atoms with van der Waals surface area (Å²) in [4.78, 5) is 14.2. The van der Waals surface area contributed by atoms with Crippen LogP contribution < -0.4 is 0 Å². The molecule has 0 unspecified atom stereocenters. The van der Waals surface area contributed by atoms with E-state index in [9.17, 15) is 10.0 Å². The Morgan fingerprint density at radius 2 is 0.833 bits per heavy atom. The van der Waals surface area contributed by atoms with Crippen LogP contribution >= 0.6 is 23.5 Å². The zero-order chi connectivity index (χ0) is 28.1. The molecule has 200 valence electrons. The van der Waals surface area contributed by atoms with Gasteiger partial charge in [0.05, 0.1) is 4.08 Å². The third-order valence-corrected chi connectivity index (χ3v) is 8.64. The highest BCUT2D eigenvalue weighted by Crippen LogP contribution is 2.51. The van der Waals surface area contributed by atoms with E-state index in [2.05, 4.69) is 126 Å². The van der Waals surface area contributed by atoms with Gasteiger partial charge in [-0.25, -0.2) is 0 Å². The van der Waals surface area contributed by atoms with E-state index in [0.29, 0.717) is 11.4 Å². The van der Waals surface area contributed by atoms with Gasteiger partial charge in [0.2, 0.25) is 0 Å². The highest BCUT2D eigenvalue weighted by molar-refractivity contribution is 8.18. The average Bonchev–Trinajstić information content (AvgIpc) is 2.64. The SMILES string of the molecule is CC(C)(Sc1cc(C(C)(C)C)c(O)c(C(C)(C)C)c1)Sc1cc(C(C)(C)C)c(N=O)c(C(C)(C)C)c1. The molecule has 0 aliphatic carbocycles. The quantitative estimate of drug-likeness (QED) is 0.238. The second-order valence-electron chi connectivity index (χ2n) is 14.4. The van der Waals surface area contributed by atoms with Crippen LogP contribution in [0.1, 0.15) is 119 Å². The molecule has 0 amide bonds. The van der Waals surface area contributed by atoms with Crippen LogP contribution in [0.25, 0.3) is 0 Å². The third kappa shape index (κ3) is 7.31. The Morgan fingerprint density at radius 1 is 0.556 bits per heavy atom. The molecule has 0 radical (unpaired) electrons. The maximum atomic E-state index is 12.0. The summed E-state index contributed by atoms with van der Waals surface area (Å²) in [5.41, 5.74) is 3.78. The van der Waals surface area contributed by atoms with E-state index in [-0.39, 0.29) is 25.7 Å². The third-order valence-electron chi connectivity index (χ3n) is 6.22. The van der Waals surface area contributed by atoms with Crippen molar-refractivity contribution in [1.29, 1.82) is 0 Å². The average molecular weight is 530 g/mol. The summed E-state index contributed by atoms with van der Waals surface area (Å²) in [7, 11) is 0. The van der Waals surface area contributed by atoms with Gasteiger partial charge in [0.25, 0.3) is 0 Å². The lowest BCUT2D eigenvalue weighted by Gasteiger charge is -2.31. The lowest BCUT2D eigenvalue weighted by Crippen LogP contribution is -2.19. The summed E-state index contributed by atoms with van der Waals surface area (Å²) in [5, 5.41) is 14.6. The predicted molar refractivity (Wildman–Crippen MR) is 161 cm³/mol. The first kappa shape index (κ1) is 30.8. The number of aromatic hydroxyl groups is 1. The minimum atomic E-state index is -0.197. The Morgan fingerprint density at radius 3 is 1.08 bits per heavy atom. The van der Waals surface area contributed by atoms with E-state index in [1.807, 2.05) is 23.5 Å². The van der Waals surface area contributed by atoms with Gasteiger partial charge in [-0.2, -0.15) is 0 Å². The van der Waals surface area contributed by atoms with Gasteiger partial charge in [-0.15, -0.1) is 28.4 Å². The van der Waals surface area contributed by atoms with Gasteiger partial charge in [0.1, 0.15) is 11.4 Å². The topological polar surface area (TPSA) is 49.7 Å². The Hall–Kier alpha value is -1.46. The molecule has 36 heavy (non-hydrogen) atoms. The first-order chi connectivity index (χ1) is 16.0. The molecule has 0 saturated carbocycles. The molecular formula is C31H47NO2S2. The zero-order valence-electron chi connectivity index (χ0n) is 24.9. The molecule has 2 rings (SSSR count). The van der Waals surface area contributed by atoms with Gasteiger partial charge in [-0.3, -0.25) is 0 Å². The highest BCUT2D eigenvalue weighted by atomic mass is 32.2. The number of benzene rings is 2. The Balaban J connectivity index is 2.60. The van der Waals surface area contributed by atoms with Crippen LogP contribution in [0.2, 0.25) is 0 Å². The van der Waals surface area contributed by atoms with Gasteiger partial charge >= 0.3 is 0 Å². The summed E-state index contributed by atoms with van der Waals surface area (Å²) in [6.45, 7) is 30.2. The molecule has 2 aromatic carbocycles. The van der Waals surface area contributed by atoms with Crippen molar-refractivity contribution in [2.45, 2.75) is 132 Å². The molecule has 0 atom stereocenters. The summed E-state index contributed by atoms with van der Waals surface area (Å²) >= 11 is 3.62. The van der Waals surface area contributed by atoms with Crippen LogP contribution in [-0.2, 0) is 21.7 Å². The molecule has 0 aromatic heterocycles. The van der Waals surface area contributed by atoms with Crippen LogP contribution in [0, 0.1) is 4.91 Å². The van der Waals surface area contributed by atoms with E-state index in [1.54, 1.807) is 0 Å². The van der Waals surface area contributed by atoms with Crippen molar-refractivity contribution in [3.05, 3.63) is 51.4 Å². The monoisotopic (exact) mass is 529 g/mol. The van der Waals surface area contributed by atoms with Crippen LogP contribution in [0.15, 0.2) is 39.2 Å². The maximum absolute atomic E-state index is 12.0. The maximum Gasteiger partial charge on any atom is 0.123 e. The van der Waals surface area contributed by atoms with Crippen molar-refractivity contribution in [2.75, 3.05) is 0 Å². The van der Waals surface area contributed by atoms with Crippen LogP contribution in [-0.4, -0.2) is 9.19 Å². The van der Waals surface area contributed by atoms with Crippen molar-refractivity contribution in [2.24, 2.45) is 5.18 Å². The molecule has 0 aliphatic rings. The number of phenols is 1. The molecule has 0 aliphatic heterocycles. The number of thioether (sulfide) groups is 2. The van der Waals surface area contributed by atoms with Crippen molar-refractivity contribution in [1.82, 2.24) is 0 Å². The summed E-state index contributed by atoms with van der Waals surface area (Å²) < 4.78 is -0.193. The van der Waals surface area contributed by atoms with E-state index >= 15 is 0 Å². The first-order valence-corrected chi connectivity index (χ1v) is 14.4. The number of hydrogen-bond donors (Lipinski definition) is 1. The molecule has 0 spiro atoms. The zero-order valence-corrected chi connectivity index (χ0v) is 26.6. The normalized spacial score (nSPS) is 13.7. The lowest BCUT2D eigenvalue weighted by atomic mass is 9.79. The standard InChI is InChI=1S/C31H47NO2S2/c1-27(2,3)21-15-19(16-22(25(21)32-34)28(4,5)6)35-31(13,14)36-20-17-23(29(7,8)9)26(33)24(18-20)30(10,11)12/h15-18,33H,1-14H3. The fourth-order valence-corrected chi connectivity index (χ4v) is 6.89. The Kier molecular flexibility index (Phi) is 8.56. The summed E-state index contributed by atoms with van der Waals surface area (Å²) in [6, 6.07) is 8.60. The van der Waals surface area contributed by atoms with Crippen molar-refractivity contribution in [3.63, 3.8) is 0 Å². The molecule has 0 heterocycles. The number of nitroso groups, excluding NO2 is 1. The molecule has 0 fully saturated rings. The minimum Gasteiger partial charge on any atom is -0.507 e. The Bertz CT molecular complexity index is 1050. The summed E-state index contributed by atoms with van der Waals surface area (Å²) in [6.07, 6.45) is 0. The van der Waals surface area contributed by atoms with Gasteiger partial charge in [0.15, 0.2) is 0 Å². The molecule has 0 saturated heterocycles. The van der Waals surface area contributed by atoms with Gasteiger partial charge in [-0.05, 0) is 76.1 Å². The predicted octanol–water partition coefficient (Wildman–Crippen LogP) is 10.6. The molecular weight excluding hydrogens is 482 g/mol. The Labute approximate surface area is 228 Å². The van der Waals surface area contributed by atoms with E-state index in [4.69, 9.17) is 0 Å². The molecule has 5 heteroatoms. The van der Waals surface area contributed by atoms with Crippen LogP contribution in [0.3, 0.4) is 0 Å². The second-order valence-corrected chi connectivity index (χ2v) is 18.1. The fraction of sp³-hybridized carbons (Fsp3) is 0.613. The first-order valence-electron chi connectivity index (χ1n) is 12.8. The molecule has 2 aromatic rings. The summed E-state index contributed by atoms with van der Waals surface area (Å²) in [5.74, 6) is 0.409. The molecule has 0 bridgehead atoms. The van der Waals surface area contributed by atoms with Gasteiger partial charge < -0.3 is 5.11 Å². The smallest absolute Gasteiger partial charge is 0.123 e. The number of rotatable bonds is 5. The second kappa shape index (κ2) is 10.0. The number of nitrogens with zero attached hydrogens (tertiary/aromatic N) is 1. The van der Waals surface area contributed by atoms with Gasteiger partial charge in [0, 0.05) is 20.9 Å². The number of phenolic OH excluding ortho intramolecular Hbond substituents is 1. The number of hydrogen-bond acceptors (Lipinski definition) is 5. The van der Waals surface area contributed by atoms with Crippen LogP contribution in [0.5, 0.6) is 5.75 Å². The lowest BCUT2D eigenvalue weighted by molar-refractivity contribution is 0.422. The van der Waals surface area contributed by atoms with Crippen molar-refractivity contribution < 1.29 is 5.11 Å². The highest BCUT2D eigenvalue weighted by Gasteiger charge is 2.31. The van der Waals surface area contributed by atoms with Crippen molar-refractivity contribution in [3.8, 4) is 5.75 Å². The fourth-order valence-electron chi connectivity index (χ4n) is 4.31. The largest absolute Gasteiger partial charge is 0.507 e. The minimum absolute atomic E-state index is 0.168. The molecule has 1 N–H and O–H groups in total.